The molecular formula is C5H9Cl2NO2. The molecule has 0 aliphatic heterocycles. The minimum atomic E-state index is -1.02. The summed E-state index contributed by atoms with van der Waals surface area (Å²) in [6.07, 6.45) is 0.520. The van der Waals surface area contributed by atoms with Gasteiger partial charge in [-0.2, -0.15) is 0 Å². The van der Waals surface area contributed by atoms with Crippen LogP contribution in [0.1, 0.15) is 6.42 Å². The summed E-state index contributed by atoms with van der Waals surface area (Å²) >= 11 is 10.4. The van der Waals surface area contributed by atoms with Crippen molar-refractivity contribution in [2.45, 2.75) is 11.3 Å². The Morgan fingerprint density at radius 3 is 2.60 bits per heavy atom. The number of rotatable bonds is 4. The van der Waals surface area contributed by atoms with Crippen LogP contribution in [0.3, 0.4) is 0 Å². The summed E-state index contributed by atoms with van der Waals surface area (Å²) in [6, 6.07) is 0. The first kappa shape index (κ1) is 10.0. The lowest BCUT2D eigenvalue weighted by molar-refractivity contribution is -0.119. The molecule has 0 heterocycles. The summed E-state index contributed by atoms with van der Waals surface area (Å²) in [6.45, 7) is 0.459. The molecule has 10 heavy (non-hydrogen) atoms. The number of carbonyl (C=O) groups is 1. The van der Waals surface area contributed by atoms with Crippen LogP contribution in [0.4, 0.5) is 0 Å². The summed E-state index contributed by atoms with van der Waals surface area (Å²) in [5.41, 5.74) is 0. The van der Waals surface area contributed by atoms with E-state index in [9.17, 15) is 4.79 Å². The zero-order valence-electron chi connectivity index (χ0n) is 5.31. The second-order valence-corrected chi connectivity index (χ2v) is 2.77. The van der Waals surface area contributed by atoms with Gasteiger partial charge in [0, 0.05) is 13.2 Å². The van der Waals surface area contributed by atoms with Gasteiger partial charge in [-0.25, -0.2) is 0 Å². The Kier molecular flexibility index (Phi) is 5.78. The van der Waals surface area contributed by atoms with Gasteiger partial charge in [0.15, 0.2) is 4.84 Å². The number of aliphatic hydroxyl groups is 1. The standard InChI is InChI=1S/C5H9Cl2NO2/c6-4(7)5(10)8-2-1-3-9/h4,9H,1-3H2,(H,8,10). The summed E-state index contributed by atoms with van der Waals surface area (Å²) in [5.74, 6) is -0.420. The Bertz CT molecular complexity index is 108. The SMILES string of the molecule is O=C(NCCCO)C(Cl)Cl. The van der Waals surface area contributed by atoms with E-state index in [0.29, 0.717) is 13.0 Å². The highest BCUT2D eigenvalue weighted by Gasteiger charge is 2.08. The van der Waals surface area contributed by atoms with Gasteiger partial charge in [-0.05, 0) is 6.42 Å². The zero-order chi connectivity index (χ0) is 7.98. The van der Waals surface area contributed by atoms with E-state index in [1.807, 2.05) is 0 Å². The minimum absolute atomic E-state index is 0.0511. The second kappa shape index (κ2) is 5.77. The van der Waals surface area contributed by atoms with Crippen molar-refractivity contribution in [1.29, 1.82) is 0 Å². The zero-order valence-corrected chi connectivity index (χ0v) is 6.82. The molecule has 0 rings (SSSR count). The van der Waals surface area contributed by atoms with Crippen molar-refractivity contribution in [2.75, 3.05) is 13.2 Å². The van der Waals surface area contributed by atoms with Crippen LogP contribution >= 0.6 is 23.2 Å². The quantitative estimate of drug-likeness (QED) is 0.489. The summed E-state index contributed by atoms with van der Waals surface area (Å²) < 4.78 is 0. The van der Waals surface area contributed by atoms with E-state index >= 15 is 0 Å². The van der Waals surface area contributed by atoms with Crippen molar-refractivity contribution >= 4 is 29.1 Å². The Morgan fingerprint density at radius 2 is 2.20 bits per heavy atom. The fourth-order valence-electron chi connectivity index (χ4n) is 0.368. The van der Waals surface area contributed by atoms with Crippen LogP contribution in [0.25, 0.3) is 0 Å². The third kappa shape index (κ3) is 4.85. The lowest BCUT2D eigenvalue weighted by Gasteiger charge is -2.02. The molecule has 0 aromatic rings. The van der Waals surface area contributed by atoms with Gasteiger partial charge in [-0.15, -0.1) is 0 Å². The van der Waals surface area contributed by atoms with Crippen LogP contribution < -0.4 is 5.32 Å². The molecule has 0 saturated heterocycles. The van der Waals surface area contributed by atoms with E-state index in [4.69, 9.17) is 28.3 Å². The Morgan fingerprint density at radius 1 is 1.60 bits per heavy atom. The summed E-state index contributed by atoms with van der Waals surface area (Å²) in [7, 11) is 0. The predicted molar refractivity (Wildman–Crippen MR) is 40.2 cm³/mol. The first-order valence-electron chi connectivity index (χ1n) is 2.85. The van der Waals surface area contributed by atoms with Crippen molar-refractivity contribution in [1.82, 2.24) is 5.32 Å². The molecule has 0 fully saturated rings. The van der Waals surface area contributed by atoms with E-state index in [1.54, 1.807) is 0 Å². The van der Waals surface area contributed by atoms with Gasteiger partial charge in [0.2, 0.25) is 0 Å². The molecule has 0 aliphatic rings. The van der Waals surface area contributed by atoms with Crippen LogP contribution in [0.2, 0.25) is 0 Å². The molecule has 60 valence electrons. The van der Waals surface area contributed by atoms with Gasteiger partial charge >= 0.3 is 0 Å². The van der Waals surface area contributed by atoms with E-state index < -0.39 is 10.7 Å². The van der Waals surface area contributed by atoms with Gasteiger partial charge in [0.25, 0.3) is 5.91 Å². The average Bonchev–Trinajstić information content (AvgIpc) is 1.88. The number of amides is 1. The predicted octanol–water partition coefficient (Wildman–Crippen LogP) is 0.289. The molecule has 0 aromatic heterocycles. The maximum atomic E-state index is 10.6. The maximum absolute atomic E-state index is 10.6. The fourth-order valence-corrected chi connectivity index (χ4v) is 0.522. The van der Waals surface area contributed by atoms with Crippen molar-refractivity contribution < 1.29 is 9.90 Å². The summed E-state index contributed by atoms with van der Waals surface area (Å²) in [4.78, 5) is 9.55. The van der Waals surface area contributed by atoms with Crippen molar-refractivity contribution in [2.24, 2.45) is 0 Å². The highest BCUT2D eigenvalue weighted by atomic mass is 35.5. The molecular weight excluding hydrogens is 177 g/mol. The first-order valence-corrected chi connectivity index (χ1v) is 3.72. The van der Waals surface area contributed by atoms with E-state index in [-0.39, 0.29) is 6.61 Å². The number of halogens is 2. The van der Waals surface area contributed by atoms with Crippen molar-refractivity contribution in [3.8, 4) is 0 Å². The largest absolute Gasteiger partial charge is 0.396 e. The van der Waals surface area contributed by atoms with Crippen molar-refractivity contribution in [3.05, 3.63) is 0 Å². The van der Waals surface area contributed by atoms with E-state index in [0.717, 1.165) is 0 Å². The van der Waals surface area contributed by atoms with Gasteiger partial charge in [0.1, 0.15) is 0 Å². The molecule has 0 aliphatic carbocycles. The molecule has 0 aromatic carbocycles. The minimum Gasteiger partial charge on any atom is -0.396 e. The van der Waals surface area contributed by atoms with Crippen LogP contribution in [-0.2, 0) is 4.79 Å². The van der Waals surface area contributed by atoms with Crippen molar-refractivity contribution in [3.63, 3.8) is 0 Å². The van der Waals surface area contributed by atoms with E-state index in [1.165, 1.54) is 0 Å². The van der Waals surface area contributed by atoms with Crippen LogP contribution in [0.5, 0.6) is 0 Å². The second-order valence-electron chi connectivity index (χ2n) is 1.67. The first-order chi connectivity index (χ1) is 4.68. The topological polar surface area (TPSA) is 49.3 Å². The van der Waals surface area contributed by atoms with Gasteiger partial charge in [-0.1, -0.05) is 23.2 Å². The Balaban J connectivity index is 3.22. The van der Waals surface area contributed by atoms with Gasteiger partial charge < -0.3 is 10.4 Å². The maximum Gasteiger partial charge on any atom is 0.253 e. The molecule has 0 spiro atoms. The lowest BCUT2D eigenvalue weighted by Crippen LogP contribution is -2.29. The normalized spacial score (nSPS) is 10.0. The van der Waals surface area contributed by atoms with Gasteiger partial charge in [0.05, 0.1) is 0 Å². The third-order valence-corrected chi connectivity index (χ3v) is 1.23. The number of aliphatic hydroxyl groups excluding tert-OH is 1. The van der Waals surface area contributed by atoms with Crippen LogP contribution in [-0.4, -0.2) is 29.0 Å². The van der Waals surface area contributed by atoms with Crippen LogP contribution in [0, 0.1) is 0 Å². The van der Waals surface area contributed by atoms with E-state index in [2.05, 4.69) is 5.32 Å². The molecule has 0 saturated carbocycles. The van der Waals surface area contributed by atoms with Crippen LogP contribution in [0.15, 0.2) is 0 Å². The molecule has 0 bridgehead atoms. The monoisotopic (exact) mass is 185 g/mol. The third-order valence-electron chi connectivity index (χ3n) is 0.832. The number of hydrogen-bond acceptors (Lipinski definition) is 2. The highest BCUT2D eigenvalue weighted by molar-refractivity contribution is 6.53. The smallest absolute Gasteiger partial charge is 0.253 e. The molecule has 3 nitrogen and oxygen atoms in total. The average molecular weight is 186 g/mol. The summed E-state index contributed by atoms with van der Waals surface area (Å²) in [5, 5.41) is 10.7. The lowest BCUT2D eigenvalue weighted by atomic mass is 10.4. The molecule has 0 unspecified atom stereocenters. The Labute approximate surface area is 69.3 Å². The number of alkyl halides is 2. The molecule has 0 atom stereocenters. The highest BCUT2D eigenvalue weighted by Crippen LogP contribution is 1.99. The Hall–Kier alpha value is 0.01000. The molecule has 0 radical (unpaired) electrons. The number of nitrogens with one attached hydrogen (secondary N) is 1. The number of carbonyl (C=O) groups excluding carboxylic acids is 1. The number of hydrogen-bond donors (Lipinski definition) is 2. The molecule has 5 heteroatoms. The van der Waals surface area contributed by atoms with Gasteiger partial charge in [-0.3, -0.25) is 4.79 Å². The fraction of sp³-hybridized carbons (Fsp3) is 0.800. The molecule has 2 N–H and O–H groups in total. The molecule has 1 amide bonds.